The van der Waals surface area contributed by atoms with Gasteiger partial charge in [0.1, 0.15) is 17.9 Å². The Hall–Kier alpha value is -3.89. The minimum atomic E-state index is -1.69. The van der Waals surface area contributed by atoms with Crippen molar-refractivity contribution >= 4 is 29.4 Å². The molecule has 2 aromatic rings. The number of amides is 5. The van der Waals surface area contributed by atoms with Gasteiger partial charge < -0.3 is 16.0 Å². The van der Waals surface area contributed by atoms with Crippen molar-refractivity contribution in [1.82, 2.24) is 15.5 Å². The summed E-state index contributed by atoms with van der Waals surface area (Å²) >= 11 is 0. The van der Waals surface area contributed by atoms with Crippen molar-refractivity contribution in [2.24, 2.45) is 0 Å². The molecule has 0 spiro atoms. The number of hydrogen-bond donors (Lipinski definition) is 3. The third-order valence-electron chi connectivity index (χ3n) is 4.64. The van der Waals surface area contributed by atoms with Crippen molar-refractivity contribution < 1.29 is 32.3 Å². The molecule has 3 N–H and O–H groups in total. The number of hydrogen-bond acceptors (Lipinski definition) is 4. The molecule has 1 heterocycles. The summed E-state index contributed by atoms with van der Waals surface area (Å²) in [6, 6.07) is 7.26. The first-order valence-electron chi connectivity index (χ1n) is 9.02. The summed E-state index contributed by atoms with van der Waals surface area (Å²) < 4.78 is 40.2. The molecule has 11 heteroatoms. The molecule has 0 saturated carbocycles. The summed E-state index contributed by atoms with van der Waals surface area (Å²) in [6.45, 7) is 0.0675. The van der Waals surface area contributed by atoms with Gasteiger partial charge in [-0.1, -0.05) is 18.2 Å². The van der Waals surface area contributed by atoms with Gasteiger partial charge in [-0.3, -0.25) is 19.3 Å². The number of rotatable bonds is 6. The molecule has 31 heavy (non-hydrogen) atoms. The van der Waals surface area contributed by atoms with E-state index < -0.39 is 59.8 Å². The van der Waals surface area contributed by atoms with Gasteiger partial charge in [-0.2, -0.15) is 0 Å². The van der Waals surface area contributed by atoms with E-state index >= 15 is 0 Å². The zero-order valence-corrected chi connectivity index (χ0v) is 16.2. The average Bonchev–Trinajstić information content (AvgIpc) is 2.93. The number of carbonyl (C=O) groups is 4. The monoisotopic (exact) mass is 434 g/mol. The largest absolute Gasteiger partial charge is 0.345 e. The van der Waals surface area contributed by atoms with Crippen LogP contribution in [0.4, 0.5) is 23.7 Å². The van der Waals surface area contributed by atoms with Crippen molar-refractivity contribution in [3.05, 3.63) is 65.5 Å². The van der Waals surface area contributed by atoms with Crippen LogP contribution in [0.25, 0.3) is 0 Å². The maximum absolute atomic E-state index is 14.1. The Morgan fingerprint density at radius 2 is 1.71 bits per heavy atom. The predicted octanol–water partition coefficient (Wildman–Crippen LogP) is 1.63. The molecule has 5 amide bonds. The van der Waals surface area contributed by atoms with E-state index in [1.165, 1.54) is 25.1 Å². The lowest BCUT2D eigenvalue weighted by molar-refractivity contribution is -0.135. The molecule has 1 aliphatic rings. The number of benzene rings is 2. The van der Waals surface area contributed by atoms with Crippen LogP contribution in [-0.2, 0) is 19.9 Å². The highest BCUT2D eigenvalue weighted by Gasteiger charge is 2.50. The van der Waals surface area contributed by atoms with Gasteiger partial charge in [0.2, 0.25) is 11.8 Å². The van der Waals surface area contributed by atoms with Crippen molar-refractivity contribution in [2.75, 3.05) is 18.4 Å². The Bertz CT molecular complexity index is 1080. The molecule has 0 radical (unpaired) electrons. The molecule has 1 fully saturated rings. The van der Waals surface area contributed by atoms with Crippen LogP contribution < -0.4 is 16.0 Å². The highest BCUT2D eigenvalue weighted by molar-refractivity contribution is 6.09. The second-order valence-electron chi connectivity index (χ2n) is 6.88. The lowest BCUT2D eigenvalue weighted by Gasteiger charge is -2.22. The Balaban J connectivity index is 1.58. The maximum atomic E-state index is 14.1. The van der Waals surface area contributed by atoms with Crippen LogP contribution in [0.2, 0.25) is 0 Å². The molecule has 0 aromatic heterocycles. The van der Waals surface area contributed by atoms with Crippen LogP contribution in [0.15, 0.2) is 42.5 Å². The Kier molecular flexibility index (Phi) is 5.95. The number of halogens is 3. The second-order valence-corrected chi connectivity index (χ2v) is 6.88. The molecule has 8 nitrogen and oxygen atoms in total. The normalized spacial score (nSPS) is 18.0. The second kappa shape index (κ2) is 8.46. The maximum Gasteiger partial charge on any atom is 0.325 e. The summed E-state index contributed by atoms with van der Waals surface area (Å²) in [4.78, 5) is 49.5. The van der Waals surface area contributed by atoms with E-state index in [1.54, 1.807) is 0 Å². The smallest absolute Gasteiger partial charge is 0.325 e. The van der Waals surface area contributed by atoms with Crippen molar-refractivity contribution in [3.63, 3.8) is 0 Å². The standard InChI is InChI=1S/C20H17F3N4O4/c1-20(12-4-2-3-5-13(12)21)18(30)27(19(31)26-20)10-17(29)24-9-16(28)25-11-6-7-14(22)15(23)8-11/h2-8H,9-10H2,1H3,(H,24,29)(H,25,28)(H,26,31). The van der Waals surface area contributed by atoms with Gasteiger partial charge in [-0.15, -0.1) is 0 Å². The fraction of sp³-hybridized carbons (Fsp3) is 0.200. The van der Waals surface area contributed by atoms with Crippen molar-refractivity contribution in [2.45, 2.75) is 12.5 Å². The van der Waals surface area contributed by atoms with Crippen LogP contribution in [-0.4, -0.2) is 41.7 Å². The lowest BCUT2D eigenvalue weighted by atomic mass is 9.91. The zero-order valence-electron chi connectivity index (χ0n) is 16.2. The summed E-state index contributed by atoms with van der Waals surface area (Å²) in [7, 11) is 0. The zero-order chi connectivity index (χ0) is 22.8. The molecule has 2 aromatic carbocycles. The average molecular weight is 434 g/mol. The third-order valence-corrected chi connectivity index (χ3v) is 4.64. The topological polar surface area (TPSA) is 108 Å². The Morgan fingerprint density at radius 3 is 2.39 bits per heavy atom. The van der Waals surface area contributed by atoms with E-state index in [4.69, 9.17) is 0 Å². The summed E-state index contributed by atoms with van der Waals surface area (Å²) in [5.74, 6) is -5.34. The summed E-state index contributed by atoms with van der Waals surface area (Å²) in [5.41, 5.74) is -1.76. The van der Waals surface area contributed by atoms with Gasteiger partial charge in [0.15, 0.2) is 11.6 Å². The van der Waals surface area contributed by atoms with Gasteiger partial charge in [0, 0.05) is 17.3 Å². The molecule has 1 saturated heterocycles. The Morgan fingerprint density at radius 1 is 1.00 bits per heavy atom. The number of carbonyl (C=O) groups excluding carboxylic acids is 4. The van der Waals surface area contributed by atoms with Crippen LogP contribution in [0.3, 0.4) is 0 Å². The lowest BCUT2D eigenvalue weighted by Crippen LogP contribution is -2.44. The molecular weight excluding hydrogens is 417 g/mol. The first-order valence-corrected chi connectivity index (χ1v) is 9.02. The molecule has 1 aliphatic heterocycles. The SMILES string of the molecule is CC1(c2ccccc2F)NC(=O)N(CC(=O)NCC(=O)Nc2ccc(F)c(F)c2)C1=O. The molecular formula is C20H17F3N4O4. The fourth-order valence-corrected chi connectivity index (χ4v) is 3.05. The van der Waals surface area contributed by atoms with E-state index in [2.05, 4.69) is 16.0 Å². The van der Waals surface area contributed by atoms with Crippen molar-refractivity contribution in [1.29, 1.82) is 0 Å². The third kappa shape index (κ3) is 4.49. The molecule has 0 aliphatic carbocycles. The van der Waals surface area contributed by atoms with Crippen LogP contribution in [0.5, 0.6) is 0 Å². The van der Waals surface area contributed by atoms with E-state index in [1.807, 2.05) is 0 Å². The summed E-state index contributed by atoms with van der Waals surface area (Å²) in [5, 5.41) is 6.84. The number of imide groups is 1. The van der Waals surface area contributed by atoms with Gasteiger partial charge in [0.05, 0.1) is 6.54 Å². The number of nitrogens with zero attached hydrogens (tertiary/aromatic N) is 1. The summed E-state index contributed by atoms with van der Waals surface area (Å²) in [6.07, 6.45) is 0. The van der Waals surface area contributed by atoms with E-state index in [0.717, 1.165) is 24.3 Å². The fourth-order valence-electron chi connectivity index (χ4n) is 3.05. The van der Waals surface area contributed by atoms with Gasteiger partial charge in [0.25, 0.3) is 5.91 Å². The van der Waals surface area contributed by atoms with E-state index in [0.29, 0.717) is 4.90 Å². The Labute approximate surface area is 174 Å². The highest BCUT2D eigenvalue weighted by Crippen LogP contribution is 2.30. The van der Waals surface area contributed by atoms with Gasteiger partial charge in [-0.05, 0) is 25.1 Å². The minimum absolute atomic E-state index is 0.0205. The van der Waals surface area contributed by atoms with E-state index in [9.17, 15) is 32.3 Å². The first kappa shape index (κ1) is 21.8. The van der Waals surface area contributed by atoms with Crippen molar-refractivity contribution in [3.8, 4) is 0 Å². The number of anilines is 1. The minimum Gasteiger partial charge on any atom is -0.345 e. The van der Waals surface area contributed by atoms with Crippen LogP contribution >= 0.6 is 0 Å². The molecule has 1 unspecified atom stereocenters. The van der Waals surface area contributed by atoms with Crippen LogP contribution in [0.1, 0.15) is 12.5 Å². The number of nitrogens with one attached hydrogen (secondary N) is 3. The predicted molar refractivity (Wildman–Crippen MR) is 102 cm³/mol. The van der Waals surface area contributed by atoms with Crippen LogP contribution in [0, 0.1) is 17.5 Å². The highest BCUT2D eigenvalue weighted by atomic mass is 19.2. The molecule has 1 atom stereocenters. The first-order chi connectivity index (χ1) is 14.6. The number of urea groups is 1. The van der Waals surface area contributed by atoms with Gasteiger partial charge in [-0.25, -0.2) is 18.0 Å². The van der Waals surface area contributed by atoms with E-state index in [-0.39, 0.29) is 11.3 Å². The molecule has 0 bridgehead atoms. The quantitative estimate of drug-likeness (QED) is 0.601. The molecule has 3 rings (SSSR count). The molecule has 162 valence electrons. The van der Waals surface area contributed by atoms with Gasteiger partial charge >= 0.3 is 6.03 Å².